The van der Waals surface area contributed by atoms with Crippen LogP contribution in [0.3, 0.4) is 0 Å². The second-order valence-corrected chi connectivity index (χ2v) is 4.49. The van der Waals surface area contributed by atoms with Crippen LogP contribution < -0.4 is 16.4 Å². The molecule has 0 aliphatic rings. The van der Waals surface area contributed by atoms with Crippen LogP contribution in [0.2, 0.25) is 0 Å². The normalized spacial score (nSPS) is 14.1. The lowest BCUT2D eigenvalue weighted by Crippen LogP contribution is -2.49. The van der Waals surface area contributed by atoms with Crippen molar-refractivity contribution in [1.29, 1.82) is 0 Å². The van der Waals surface area contributed by atoms with E-state index in [2.05, 4.69) is 10.6 Å². The van der Waals surface area contributed by atoms with Crippen LogP contribution >= 0.6 is 12.2 Å². The third kappa shape index (κ3) is 5.06. The minimum atomic E-state index is -0.591. The largest absolute Gasteiger partial charge is 0.393 e. The Balaban J connectivity index is 4.24. The first-order valence-electron chi connectivity index (χ1n) is 5.15. The van der Waals surface area contributed by atoms with Gasteiger partial charge in [-0.3, -0.25) is 9.59 Å². The molecule has 0 aliphatic heterocycles. The number of amides is 2. The van der Waals surface area contributed by atoms with Gasteiger partial charge in [0.2, 0.25) is 11.8 Å². The van der Waals surface area contributed by atoms with Gasteiger partial charge >= 0.3 is 0 Å². The molecule has 0 aliphatic carbocycles. The molecule has 0 aromatic heterocycles. The summed E-state index contributed by atoms with van der Waals surface area (Å²) >= 11 is 4.70. The van der Waals surface area contributed by atoms with Crippen LogP contribution in [0.4, 0.5) is 0 Å². The van der Waals surface area contributed by atoms with Gasteiger partial charge in [0.25, 0.3) is 0 Å². The summed E-state index contributed by atoms with van der Waals surface area (Å²) in [4.78, 5) is 23.1. The van der Waals surface area contributed by atoms with E-state index in [0.29, 0.717) is 0 Å². The second-order valence-electron chi connectivity index (χ2n) is 4.02. The molecule has 2 atom stereocenters. The fraction of sp³-hybridized carbons (Fsp3) is 0.700. The zero-order valence-electron chi connectivity index (χ0n) is 10.0. The molecule has 2 amide bonds. The second kappa shape index (κ2) is 6.42. The molecule has 2 unspecified atom stereocenters. The zero-order valence-corrected chi connectivity index (χ0v) is 10.9. The molecule has 5 nitrogen and oxygen atoms in total. The van der Waals surface area contributed by atoms with E-state index in [-0.39, 0.29) is 22.8 Å². The van der Waals surface area contributed by atoms with Crippen LogP contribution in [-0.2, 0) is 9.59 Å². The number of thiocarbonyl (C=S) groups is 1. The summed E-state index contributed by atoms with van der Waals surface area (Å²) in [5.74, 6) is -1.12. The molecule has 0 bridgehead atoms. The van der Waals surface area contributed by atoms with Crippen molar-refractivity contribution < 1.29 is 9.59 Å². The van der Waals surface area contributed by atoms with E-state index in [1.807, 2.05) is 13.8 Å². The SMILES string of the molecule is CC(C)NC(=O)C(C)NC(=O)C(C)C(N)=S. The van der Waals surface area contributed by atoms with Crippen LogP contribution in [0.1, 0.15) is 27.7 Å². The number of carbonyl (C=O) groups is 2. The summed E-state index contributed by atoms with van der Waals surface area (Å²) < 4.78 is 0. The molecule has 6 heteroatoms. The first-order valence-corrected chi connectivity index (χ1v) is 5.56. The van der Waals surface area contributed by atoms with E-state index in [1.165, 1.54) is 0 Å². The van der Waals surface area contributed by atoms with Gasteiger partial charge in [-0.2, -0.15) is 0 Å². The lowest BCUT2D eigenvalue weighted by Gasteiger charge is -2.18. The standard InChI is InChI=1S/C10H19N3O2S/c1-5(2)12-10(15)7(4)13-9(14)6(3)8(11)16/h5-7H,1-4H3,(H2,11,16)(H,12,15)(H,13,14). The van der Waals surface area contributed by atoms with Gasteiger partial charge in [-0.1, -0.05) is 12.2 Å². The van der Waals surface area contributed by atoms with E-state index in [1.54, 1.807) is 13.8 Å². The maximum absolute atomic E-state index is 11.5. The summed E-state index contributed by atoms with van der Waals surface area (Å²) in [7, 11) is 0. The maximum atomic E-state index is 11.5. The maximum Gasteiger partial charge on any atom is 0.242 e. The van der Waals surface area contributed by atoms with Crippen LogP contribution in [0.15, 0.2) is 0 Å². The first-order chi connectivity index (χ1) is 7.25. The molecular formula is C10H19N3O2S. The highest BCUT2D eigenvalue weighted by atomic mass is 32.1. The van der Waals surface area contributed by atoms with Crippen molar-refractivity contribution in [1.82, 2.24) is 10.6 Å². The van der Waals surface area contributed by atoms with E-state index >= 15 is 0 Å². The highest BCUT2D eigenvalue weighted by Crippen LogP contribution is 1.96. The molecule has 0 aromatic rings. The predicted molar refractivity (Wildman–Crippen MR) is 66.8 cm³/mol. The van der Waals surface area contributed by atoms with Crippen LogP contribution in [0, 0.1) is 5.92 Å². The van der Waals surface area contributed by atoms with Gasteiger partial charge in [0, 0.05) is 6.04 Å². The molecule has 92 valence electrons. The molecule has 4 N–H and O–H groups in total. The number of nitrogens with one attached hydrogen (secondary N) is 2. The van der Waals surface area contributed by atoms with Crippen molar-refractivity contribution >= 4 is 29.0 Å². The Hall–Kier alpha value is -1.17. The zero-order chi connectivity index (χ0) is 12.9. The Kier molecular flexibility index (Phi) is 5.95. The molecule has 0 saturated carbocycles. The van der Waals surface area contributed by atoms with Gasteiger partial charge in [-0.15, -0.1) is 0 Å². The summed E-state index contributed by atoms with van der Waals surface area (Å²) in [6.45, 7) is 6.92. The lowest BCUT2D eigenvalue weighted by atomic mass is 10.1. The van der Waals surface area contributed by atoms with Gasteiger partial charge in [0.1, 0.15) is 6.04 Å². The minimum Gasteiger partial charge on any atom is -0.393 e. The Morgan fingerprint density at radius 2 is 1.56 bits per heavy atom. The summed E-state index contributed by atoms with van der Waals surface area (Å²) in [6, 6.07) is -0.549. The van der Waals surface area contributed by atoms with Crippen LogP contribution in [0.25, 0.3) is 0 Å². The van der Waals surface area contributed by atoms with Crippen LogP contribution in [0.5, 0.6) is 0 Å². The Bertz CT molecular complexity index is 292. The van der Waals surface area contributed by atoms with Crippen molar-refractivity contribution in [3.8, 4) is 0 Å². The third-order valence-electron chi connectivity index (χ3n) is 2.00. The number of hydrogen-bond acceptors (Lipinski definition) is 3. The molecule has 0 radical (unpaired) electrons. The lowest BCUT2D eigenvalue weighted by molar-refractivity contribution is -0.129. The average Bonchev–Trinajstić information content (AvgIpc) is 2.14. The molecule has 0 saturated heterocycles. The fourth-order valence-corrected chi connectivity index (χ4v) is 1.05. The smallest absolute Gasteiger partial charge is 0.242 e. The topological polar surface area (TPSA) is 84.2 Å². The van der Waals surface area contributed by atoms with Crippen molar-refractivity contribution in [2.75, 3.05) is 0 Å². The van der Waals surface area contributed by atoms with Gasteiger partial charge in [0.05, 0.1) is 10.9 Å². The monoisotopic (exact) mass is 245 g/mol. The summed E-state index contributed by atoms with van der Waals surface area (Å²) in [5.41, 5.74) is 5.34. The van der Waals surface area contributed by atoms with Crippen molar-refractivity contribution in [2.24, 2.45) is 11.7 Å². The summed E-state index contributed by atoms with van der Waals surface area (Å²) in [6.07, 6.45) is 0. The van der Waals surface area contributed by atoms with Crippen LogP contribution in [-0.4, -0.2) is 28.9 Å². The molecule has 0 fully saturated rings. The van der Waals surface area contributed by atoms with Gasteiger partial charge < -0.3 is 16.4 Å². The minimum absolute atomic E-state index is 0.0415. The Morgan fingerprint density at radius 1 is 1.06 bits per heavy atom. The van der Waals surface area contributed by atoms with Gasteiger partial charge in [-0.05, 0) is 27.7 Å². The number of carbonyl (C=O) groups excluding carboxylic acids is 2. The molecule has 16 heavy (non-hydrogen) atoms. The van der Waals surface area contributed by atoms with E-state index in [9.17, 15) is 9.59 Å². The third-order valence-corrected chi connectivity index (χ3v) is 2.36. The number of rotatable bonds is 5. The average molecular weight is 245 g/mol. The Labute approximate surface area is 101 Å². The van der Waals surface area contributed by atoms with E-state index < -0.39 is 12.0 Å². The quantitative estimate of drug-likeness (QED) is 0.592. The Morgan fingerprint density at radius 3 is 1.94 bits per heavy atom. The molecule has 0 aromatic carbocycles. The highest BCUT2D eigenvalue weighted by molar-refractivity contribution is 7.80. The molecule has 0 spiro atoms. The molecule has 0 rings (SSSR count). The number of nitrogens with two attached hydrogens (primary N) is 1. The van der Waals surface area contributed by atoms with Gasteiger partial charge in [0.15, 0.2) is 0 Å². The highest BCUT2D eigenvalue weighted by Gasteiger charge is 2.21. The molecular weight excluding hydrogens is 226 g/mol. The van der Waals surface area contributed by atoms with Crippen molar-refractivity contribution in [3.05, 3.63) is 0 Å². The van der Waals surface area contributed by atoms with E-state index in [4.69, 9.17) is 18.0 Å². The van der Waals surface area contributed by atoms with Crippen molar-refractivity contribution in [2.45, 2.75) is 39.8 Å². The van der Waals surface area contributed by atoms with Gasteiger partial charge in [-0.25, -0.2) is 0 Å². The summed E-state index contributed by atoms with van der Waals surface area (Å²) in [5, 5.41) is 5.25. The predicted octanol–water partition coefficient (Wildman–Crippen LogP) is -0.0621. The fourth-order valence-electron chi connectivity index (χ4n) is 0.943. The van der Waals surface area contributed by atoms with E-state index in [0.717, 1.165) is 0 Å². The first kappa shape index (κ1) is 14.8. The number of hydrogen-bond donors (Lipinski definition) is 3. The van der Waals surface area contributed by atoms with Crippen molar-refractivity contribution in [3.63, 3.8) is 0 Å². The molecule has 0 heterocycles.